The van der Waals surface area contributed by atoms with Gasteiger partial charge in [-0.2, -0.15) is 0 Å². The number of nitrogens with one attached hydrogen (secondary N) is 3. The van der Waals surface area contributed by atoms with Gasteiger partial charge < -0.3 is 16.0 Å². The maximum absolute atomic E-state index is 13.9. The van der Waals surface area contributed by atoms with E-state index in [0.29, 0.717) is 37.7 Å². The Labute approximate surface area is 226 Å². The van der Waals surface area contributed by atoms with Crippen molar-refractivity contribution < 1.29 is 13.2 Å². The minimum atomic E-state index is -2.99. The number of pyridine rings is 1. The first-order chi connectivity index (χ1) is 18.3. The van der Waals surface area contributed by atoms with Gasteiger partial charge in [-0.05, 0) is 31.7 Å². The molecule has 4 rings (SSSR count). The number of carbonyl (C=O) groups is 1. The van der Waals surface area contributed by atoms with Crippen molar-refractivity contribution in [1.29, 1.82) is 0 Å². The quantitative estimate of drug-likeness (QED) is 0.298. The molecule has 1 atom stereocenters. The molecule has 0 radical (unpaired) electrons. The Morgan fingerprint density at radius 3 is 2.37 bits per heavy atom. The molecule has 2 aromatic carbocycles. The summed E-state index contributed by atoms with van der Waals surface area (Å²) in [6.07, 6.45) is 7.31. The van der Waals surface area contributed by atoms with Gasteiger partial charge in [-0.3, -0.25) is 4.79 Å². The van der Waals surface area contributed by atoms with Crippen LogP contribution < -0.4 is 16.0 Å². The van der Waals surface area contributed by atoms with Gasteiger partial charge in [-0.15, -0.1) is 0 Å². The molecule has 0 saturated heterocycles. The maximum atomic E-state index is 13.9. The lowest BCUT2D eigenvalue weighted by Gasteiger charge is -2.29. The largest absolute Gasteiger partial charge is 0.349 e. The van der Waals surface area contributed by atoms with Crippen LogP contribution in [0, 0.1) is 5.92 Å². The van der Waals surface area contributed by atoms with Crippen LogP contribution in [-0.2, 0) is 16.4 Å². The molecular weight excluding hydrogens is 496 g/mol. The van der Waals surface area contributed by atoms with Crippen LogP contribution in [0.4, 0.5) is 0 Å². The molecule has 1 aliphatic rings. The molecule has 1 saturated carbocycles. The van der Waals surface area contributed by atoms with Crippen molar-refractivity contribution in [3.63, 3.8) is 0 Å². The highest BCUT2D eigenvalue weighted by molar-refractivity contribution is 7.90. The lowest BCUT2D eigenvalue weighted by Crippen LogP contribution is -2.39. The molecule has 7 nitrogen and oxygen atoms in total. The van der Waals surface area contributed by atoms with Crippen LogP contribution in [0.5, 0.6) is 0 Å². The number of hydrogen-bond acceptors (Lipinski definition) is 6. The fourth-order valence-electron chi connectivity index (χ4n) is 5.32. The fourth-order valence-corrected chi connectivity index (χ4v) is 5.84. The standard InChI is InChI=1S/C30H40N4O3S/c1-22(23-11-5-3-6-12-23)33-30(35)28-25-15-9-10-16-27(25)34-29(24-13-7-4-8-14-24)26(28)21-32-18-17-31-19-20-38(2,36)37/h4,7-10,13-16,22-23,31-32H,3,5-6,11-12,17-21H2,1-2H3,(H,33,35)/t22-/m0/s1. The van der Waals surface area contributed by atoms with E-state index in [0.717, 1.165) is 40.6 Å². The third-order valence-electron chi connectivity index (χ3n) is 7.41. The summed E-state index contributed by atoms with van der Waals surface area (Å²) in [5, 5.41) is 10.8. The predicted octanol–water partition coefficient (Wildman–Crippen LogP) is 4.32. The van der Waals surface area contributed by atoms with Crippen LogP contribution in [0.3, 0.4) is 0 Å². The van der Waals surface area contributed by atoms with Gasteiger partial charge in [-0.1, -0.05) is 67.8 Å². The predicted molar refractivity (Wildman–Crippen MR) is 155 cm³/mol. The number of fused-ring (bicyclic) bond motifs is 1. The van der Waals surface area contributed by atoms with Crippen LogP contribution >= 0.6 is 0 Å². The summed E-state index contributed by atoms with van der Waals surface area (Å²) in [5.41, 5.74) is 4.12. The zero-order valence-electron chi connectivity index (χ0n) is 22.5. The second-order valence-electron chi connectivity index (χ2n) is 10.4. The van der Waals surface area contributed by atoms with Gasteiger partial charge in [0.25, 0.3) is 5.91 Å². The molecule has 3 N–H and O–H groups in total. The minimum Gasteiger partial charge on any atom is -0.349 e. The SMILES string of the molecule is C[C@H](NC(=O)c1c(CNCCNCCS(C)(=O)=O)c(-c2ccccc2)nc2ccccc12)C1CCCCC1. The Hall–Kier alpha value is -2.81. The number of rotatable bonds is 12. The summed E-state index contributed by atoms with van der Waals surface area (Å²) >= 11 is 0. The summed E-state index contributed by atoms with van der Waals surface area (Å²) < 4.78 is 22.7. The molecule has 38 heavy (non-hydrogen) atoms. The van der Waals surface area contributed by atoms with E-state index in [9.17, 15) is 13.2 Å². The first kappa shape index (κ1) is 28.2. The Kier molecular flexibility index (Phi) is 9.88. The van der Waals surface area contributed by atoms with E-state index in [1.165, 1.54) is 25.5 Å². The van der Waals surface area contributed by atoms with Crippen LogP contribution in [0.2, 0.25) is 0 Å². The van der Waals surface area contributed by atoms with E-state index in [4.69, 9.17) is 4.98 Å². The summed E-state index contributed by atoms with van der Waals surface area (Å²) in [4.78, 5) is 19.0. The van der Waals surface area contributed by atoms with E-state index < -0.39 is 9.84 Å². The number of nitrogens with zero attached hydrogens (tertiary/aromatic N) is 1. The molecule has 1 amide bonds. The number of aromatic nitrogens is 1. The molecule has 1 heterocycles. The van der Waals surface area contributed by atoms with Gasteiger partial charge >= 0.3 is 0 Å². The van der Waals surface area contributed by atoms with Crippen LogP contribution in [0.25, 0.3) is 22.2 Å². The van der Waals surface area contributed by atoms with Crippen molar-refractivity contribution in [2.75, 3.05) is 31.6 Å². The smallest absolute Gasteiger partial charge is 0.252 e. The molecule has 1 aromatic heterocycles. The summed E-state index contributed by atoms with van der Waals surface area (Å²) in [6.45, 7) is 4.27. The minimum absolute atomic E-state index is 0.0538. The van der Waals surface area contributed by atoms with Crippen molar-refractivity contribution in [2.45, 2.75) is 51.6 Å². The molecule has 204 valence electrons. The number of para-hydroxylation sites is 1. The second-order valence-corrected chi connectivity index (χ2v) is 12.7. The zero-order valence-corrected chi connectivity index (χ0v) is 23.3. The highest BCUT2D eigenvalue weighted by Gasteiger charge is 2.26. The second kappa shape index (κ2) is 13.3. The molecule has 0 bridgehead atoms. The van der Waals surface area contributed by atoms with Crippen LogP contribution in [0.1, 0.15) is 54.9 Å². The van der Waals surface area contributed by atoms with Gasteiger partial charge in [0.15, 0.2) is 0 Å². The van der Waals surface area contributed by atoms with Gasteiger partial charge in [0.1, 0.15) is 9.84 Å². The number of amides is 1. The molecule has 1 aliphatic carbocycles. The molecule has 0 unspecified atom stereocenters. The highest BCUT2D eigenvalue weighted by atomic mass is 32.2. The Morgan fingerprint density at radius 1 is 0.947 bits per heavy atom. The van der Waals surface area contributed by atoms with Crippen molar-refractivity contribution >= 4 is 26.6 Å². The van der Waals surface area contributed by atoms with Crippen LogP contribution in [-0.4, -0.2) is 57.0 Å². The van der Waals surface area contributed by atoms with E-state index in [2.05, 4.69) is 22.9 Å². The van der Waals surface area contributed by atoms with Crippen molar-refractivity contribution in [3.8, 4) is 11.3 Å². The topological polar surface area (TPSA) is 100 Å². The monoisotopic (exact) mass is 536 g/mol. The van der Waals surface area contributed by atoms with E-state index >= 15 is 0 Å². The zero-order chi connectivity index (χ0) is 27.0. The van der Waals surface area contributed by atoms with Gasteiger partial charge in [-0.25, -0.2) is 13.4 Å². The van der Waals surface area contributed by atoms with E-state index in [1.807, 2.05) is 54.6 Å². The molecule has 0 aliphatic heterocycles. The molecule has 0 spiro atoms. The van der Waals surface area contributed by atoms with Crippen molar-refractivity contribution in [1.82, 2.24) is 20.9 Å². The van der Waals surface area contributed by atoms with E-state index in [-0.39, 0.29) is 17.7 Å². The Balaban J connectivity index is 1.62. The van der Waals surface area contributed by atoms with Gasteiger partial charge in [0, 0.05) is 55.0 Å². The highest BCUT2D eigenvalue weighted by Crippen LogP contribution is 2.31. The van der Waals surface area contributed by atoms with E-state index in [1.54, 1.807) is 0 Å². The van der Waals surface area contributed by atoms with Gasteiger partial charge in [0.2, 0.25) is 0 Å². The normalized spacial score (nSPS) is 15.4. The first-order valence-corrected chi connectivity index (χ1v) is 15.8. The summed E-state index contributed by atoms with van der Waals surface area (Å²) in [6, 6.07) is 18.0. The third-order valence-corrected chi connectivity index (χ3v) is 8.36. The Bertz CT molecular complexity index is 1320. The third kappa shape index (κ3) is 7.62. The van der Waals surface area contributed by atoms with Crippen LogP contribution in [0.15, 0.2) is 54.6 Å². The number of benzene rings is 2. The number of hydrogen-bond donors (Lipinski definition) is 3. The van der Waals surface area contributed by atoms with Gasteiger partial charge in [0.05, 0.1) is 22.5 Å². The molecule has 8 heteroatoms. The average Bonchev–Trinajstić information content (AvgIpc) is 2.92. The maximum Gasteiger partial charge on any atom is 0.252 e. The van der Waals surface area contributed by atoms with Crippen molar-refractivity contribution in [3.05, 3.63) is 65.7 Å². The Morgan fingerprint density at radius 2 is 1.63 bits per heavy atom. The lowest BCUT2D eigenvalue weighted by molar-refractivity contribution is 0.0920. The molecule has 1 fully saturated rings. The average molecular weight is 537 g/mol. The summed E-state index contributed by atoms with van der Waals surface area (Å²) in [5.74, 6) is 0.569. The molecule has 3 aromatic rings. The summed E-state index contributed by atoms with van der Waals surface area (Å²) in [7, 11) is -2.99. The number of carbonyl (C=O) groups excluding carboxylic acids is 1. The lowest BCUT2D eigenvalue weighted by atomic mass is 9.84. The fraction of sp³-hybridized carbons (Fsp3) is 0.467. The number of sulfone groups is 1. The first-order valence-electron chi connectivity index (χ1n) is 13.7. The van der Waals surface area contributed by atoms with Crippen molar-refractivity contribution in [2.24, 2.45) is 5.92 Å². The molecular formula is C30H40N4O3S.